The highest BCUT2D eigenvalue weighted by molar-refractivity contribution is 6.32. The first-order valence-corrected chi connectivity index (χ1v) is 6.50. The Bertz CT molecular complexity index is 707. The highest BCUT2D eigenvalue weighted by Gasteiger charge is 2.18. The summed E-state index contributed by atoms with van der Waals surface area (Å²) in [6.45, 7) is 3.64. The molecule has 2 aromatic carbocycles. The van der Waals surface area contributed by atoms with E-state index in [0.717, 1.165) is 17.2 Å². The Balaban J connectivity index is 2.33. The number of carbonyl (C=O) groups excluding carboxylic acids is 1. The van der Waals surface area contributed by atoms with Crippen molar-refractivity contribution in [3.63, 3.8) is 0 Å². The molecule has 2 aromatic rings. The zero-order chi connectivity index (χ0) is 15.6. The van der Waals surface area contributed by atoms with Gasteiger partial charge in [-0.2, -0.15) is 0 Å². The van der Waals surface area contributed by atoms with E-state index >= 15 is 0 Å². The molecule has 0 unspecified atom stereocenters. The fraction of sp³-hybridized carbons (Fsp3) is 0.133. The molecule has 0 radical (unpaired) electrons. The molecule has 6 heteroatoms. The Hall–Kier alpha value is -2.40. The quantitative estimate of drug-likeness (QED) is 0.371. The predicted molar refractivity (Wildman–Crippen MR) is 79.0 cm³/mol. The molecule has 0 N–H and O–H groups in total. The van der Waals surface area contributed by atoms with Crippen molar-refractivity contribution in [2.45, 2.75) is 13.8 Å². The minimum Gasteiger partial charge on any atom is -0.422 e. The summed E-state index contributed by atoms with van der Waals surface area (Å²) in [7, 11) is 0. The largest absolute Gasteiger partial charge is 0.422 e. The van der Waals surface area contributed by atoms with E-state index in [1.807, 2.05) is 32.0 Å². The van der Waals surface area contributed by atoms with Crippen molar-refractivity contribution in [2.75, 3.05) is 0 Å². The summed E-state index contributed by atoms with van der Waals surface area (Å²) < 4.78 is 5.33. The number of carbonyl (C=O) groups is 1. The minimum atomic E-state index is -0.660. The third-order valence-corrected chi connectivity index (χ3v) is 3.30. The van der Waals surface area contributed by atoms with Crippen LogP contribution in [0.1, 0.15) is 21.5 Å². The van der Waals surface area contributed by atoms with E-state index in [-0.39, 0.29) is 16.3 Å². The maximum absolute atomic E-state index is 12.1. The summed E-state index contributed by atoms with van der Waals surface area (Å²) >= 11 is 5.71. The second kappa shape index (κ2) is 5.93. The number of esters is 1. The SMILES string of the molecule is Cc1cccc(C)c1OC(=O)c1ccc(Cl)c([N+](=O)[O-])c1. The Labute approximate surface area is 126 Å². The average Bonchev–Trinajstić information content (AvgIpc) is 2.43. The summed E-state index contributed by atoms with van der Waals surface area (Å²) in [5.74, 6) is -0.202. The van der Waals surface area contributed by atoms with Crippen molar-refractivity contribution >= 4 is 23.3 Å². The lowest BCUT2D eigenvalue weighted by atomic mass is 10.1. The first-order chi connectivity index (χ1) is 9.90. The van der Waals surface area contributed by atoms with Gasteiger partial charge in [0.1, 0.15) is 10.8 Å². The van der Waals surface area contributed by atoms with Gasteiger partial charge in [-0.1, -0.05) is 29.8 Å². The van der Waals surface area contributed by atoms with Gasteiger partial charge in [-0.25, -0.2) is 4.79 Å². The van der Waals surface area contributed by atoms with E-state index in [1.54, 1.807) is 0 Å². The van der Waals surface area contributed by atoms with Crippen molar-refractivity contribution in [1.82, 2.24) is 0 Å². The number of nitrogens with zero attached hydrogens (tertiary/aromatic N) is 1. The molecule has 0 spiro atoms. The van der Waals surface area contributed by atoms with Crippen LogP contribution in [-0.2, 0) is 0 Å². The predicted octanol–water partition coefficient (Wildman–Crippen LogP) is 4.08. The maximum atomic E-state index is 12.1. The fourth-order valence-corrected chi connectivity index (χ4v) is 2.08. The molecule has 0 saturated heterocycles. The molecular weight excluding hydrogens is 294 g/mol. The molecule has 0 fully saturated rings. The van der Waals surface area contributed by atoms with E-state index in [4.69, 9.17) is 16.3 Å². The average molecular weight is 306 g/mol. The summed E-state index contributed by atoms with van der Waals surface area (Å²) in [5, 5.41) is 10.8. The molecule has 0 bridgehead atoms. The molecule has 21 heavy (non-hydrogen) atoms. The first kappa shape index (κ1) is 15.0. The van der Waals surface area contributed by atoms with Gasteiger partial charge < -0.3 is 4.74 Å². The monoisotopic (exact) mass is 305 g/mol. The highest BCUT2D eigenvalue weighted by atomic mass is 35.5. The van der Waals surface area contributed by atoms with E-state index in [9.17, 15) is 14.9 Å². The first-order valence-electron chi connectivity index (χ1n) is 6.12. The molecule has 0 heterocycles. The molecule has 0 aliphatic heterocycles. The van der Waals surface area contributed by atoms with Gasteiger partial charge in [0.25, 0.3) is 5.69 Å². The number of rotatable bonds is 3. The number of para-hydroxylation sites is 1. The molecule has 5 nitrogen and oxygen atoms in total. The van der Waals surface area contributed by atoms with Gasteiger partial charge in [-0.3, -0.25) is 10.1 Å². The highest BCUT2D eigenvalue weighted by Crippen LogP contribution is 2.27. The number of nitro benzene ring substituents is 1. The smallest absolute Gasteiger partial charge is 0.343 e. The van der Waals surface area contributed by atoms with Gasteiger partial charge in [0, 0.05) is 6.07 Å². The van der Waals surface area contributed by atoms with Crippen molar-refractivity contribution < 1.29 is 14.5 Å². The number of hydrogen-bond donors (Lipinski definition) is 0. The second-order valence-electron chi connectivity index (χ2n) is 4.53. The fourth-order valence-electron chi connectivity index (χ4n) is 1.89. The van der Waals surface area contributed by atoms with Crippen LogP contribution < -0.4 is 4.74 Å². The molecule has 0 amide bonds. The summed E-state index contributed by atoms with van der Waals surface area (Å²) in [6.07, 6.45) is 0. The molecule has 0 atom stereocenters. The Kier molecular flexibility index (Phi) is 4.23. The number of aryl methyl sites for hydroxylation is 2. The van der Waals surface area contributed by atoms with Crippen molar-refractivity contribution in [1.29, 1.82) is 0 Å². The van der Waals surface area contributed by atoms with Crippen LogP contribution >= 0.6 is 11.6 Å². The Morgan fingerprint density at radius 1 is 1.19 bits per heavy atom. The number of nitro groups is 1. The lowest BCUT2D eigenvalue weighted by Crippen LogP contribution is -2.10. The molecule has 108 valence electrons. The van der Waals surface area contributed by atoms with Crippen LogP contribution in [-0.4, -0.2) is 10.9 Å². The van der Waals surface area contributed by atoms with E-state index < -0.39 is 10.9 Å². The zero-order valence-corrected chi connectivity index (χ0v) is 12.2. The number of halogens is 1. The molecule has 0 aromatic heterocycles. The molecule has 2 rings (SSSR count). The van der Waals surface area contributed by atoms with E-state index in [1.165, 1.54) is 12.1 Å². The standard InChI is InChI=1S/C15H12ClNO4/c1-9-4-3-5-10(2)14(9)21-15(18)11-6-7-12(16)13(8-11)17(19)20/h3-8H,1-2H3. The van der Waals surface area contributed by atoms with E-state index in [2.05, 4.69) is 0 Å². The molecule has 0 aliphatic rings. The number of benzene rings is 2. The van der Waals surface area contributed by atoms with Crippen LogP contribution in [0.15, 0.2) is 36.4 Å². The van der Waals surface area contributed by atoms with Crippen LogP contribution in [0, 0.1) is 24.0 Å². The van der Waals surface area contributed by atoms with Crippen LogP contribution in [0.3, 0.4) is 0 Å². The van der Waals surface area contributed by atoms with Gasteiger partial charge in [0.15, 0.2) is 0 Å². The molecule has 0 aliphatic carbocycles. The van der Waals surface area contributed by atoms with Gasteiger partial charge >= 0.3 is 5.97 Å². The normalized spacial score (nSPS) is 10.2. The van der Waals surface area contributed by atoms with Crippen LogP contribution in [0.25, 0.3) is 0 Å². The Morgan fingerprint density at radius 2 is 1.81 bits per heavy atom. The second-order valence-corrected chi connectivity index (χ2v) is 4.94. The number of hydrogen-bond acceptors (Lipinski definition) is 4. The summed E-state index contributed by atoms with van der Waals surface area (Å²) in [6, 6.07) is 9.31. The van der Waals surface area contributed by atoms with Gasteiger partial charge in [0.2, 0.25) is 0 Å². The van der Waals surface area contributed by atoms with Crippen molar-refractivity contribution in [3.05, 3.63) is 68.2 Å². The van der Waals surface area contributed by atoms with Crippen LogP contribution in [0.4, 0.5) is 5.69 Å². The van der Waals surface area contributed by atoms with Gasteiger partial charge in [0.05, 0.1) is 10.5 Å². The summed E-state index contributed by atoms with van der Waals surface area (Å²) in [5.41, 5.74) is 1.38. The lowest BCUT2D eigenvalue weighted by molar-refractivity contribution is -0.384. The topological polar surface area (TPSA) is 69.4 Å². The van der Waals surface area contributed by atoms with Crippen molar-refractivity contribution in [3.8, 4) is 5.75 Å². The van der Waals surface area contributed by atoms with Gasteiger partial charge in [-0.05, 0) is 37.1 Å². The van der Waals surface area contributed by atoms with E-state index in [0.29, 0.717) is 5.75 Å². The maximum Gasteiger partial charge on any atom is 0.343 e. The molecule has 0 saturated carbocycles. The Morgan fingerprint density at radius 3 is 2.38 bits per heavy atom. The summed E-state index contributed by atoms with van der Waals surface area (Å²) in [4.78, 5) is 22.3. The van der Waals surface area contributed by atoms with Crippen molar-refractivity contribution in [2.24, 2.45) is 0 Å². The number of ether oxygens (including phenoxy) is 1. The zero-order valence-electron chi connectivity index (χ0n) is 11.4. The molecular formula is C15H12ClNO4. The van der Waals surface area contributed by atoms with Crippen LogP contribution in [0.2, 0.25) is 5.02 Å². The van der Waals surface area contributed by atoms with Crippen LogP contribution in [0.5, 0.6) is 5.75 Å². The third-order valence-electron chi connectivity index (χ3n) is 2.98. The lowest BCUT2D eigenvalue weighted by Gasteiger charge is -2.10. The third kappa shape index (κ3) is 3.20. The van der Waals surface area contributed by atoms with Gasteiger partial charge in [-0.15, -0.1) is 0 Å². The minimum absolute atomic E-state index is 0.0244.